The quantitative estimate of drug-likeness (QED) is 0.466. The molecule has 37 heavy (non-hydrogen) atoms. The number of likely N-dealkylation sites (tertiary alicyclic amines) is 1. The molecule has 0 unspecified atom stereocenters. The molecule has 196 valence electrons. The summed E-state index contributed by atoms with van der Waals surface area (Å²) in [6.45, 7) is 1.42. The predicted molar refractivity (Wildman–Crippen MR) is 135 cm³/mol. The van der Waals surface area contributed by atoms with Gasteiger partial charge in [-0.3, -0.25) is 14.5 Å². The van der Waals surface area contributed by atoms with Crippen LogP contribution >= 0.6 is 0 Å². The molecule has 5 rings (SSSR count). The van der Waals surface area contributed by atoms with E-state index in [2.05, 4.69) is 20.5 Å². The number of nitrogens with one attached hydrogen (secondary N) is 2. The van der Waals surface area contributed by atoms with E-state index >= 15 is 0 Å². The Morgan fingerprint density at radius 2 is 1.78 bits per heavy atom. The molecular formula is C26H29F3N6O2. The van der Waals surface area contributed by atoms with Crippen LogP contribution in [0.5, 0.6) is 0 Å². The maximum absolute atomic E-state index is 13.2. The van der Waals surface area contributed by atoms with Crippen molar-refractivity contribution in [3.63, 3.8) is 0 Å². The van der Waals surface area contributed by atoms with Crippen LogP contribution in [0.4, 0.5) is 24.7 Å². The number of rotatable bonds is 6. The minimum atomic E-state index is -4.49. The zero-order valence-electron chi connectivity index (χ0n) is 20.2. The summed E-state index contributed by atoms with van der Waals surface area (Å²) in [5, 5.41) is 6.15. The van der Waals surface area contributed by atoms with Gasteiger partial charge in [-0.1, -0.05) is 6.07 Å². The summed E-state index contributed by atoms with van der Waals surface area (Å²) in [7, 11) is 0. The molecule has 1 saturated heterocycles. The summed E-state index contributed by atoms with van der Waals surface area (Å²) in [5.41, 5.74) is 5.69. The van der Waals surface area contributed by atoms with Crippen molar-refractivity contribution in [3.8, 4) is 0 Å². The number of nitrogens with two attached hydrogens (primary N) is 1. The Balaban J connectivity index is 1.11. The smallest absolute Gasteiger partial charge is 0.384 e. The number of aromatic nitrogens is 2. The Morgan fingerprint density at radius 3 is 2.49 bits per heavy atom. The highest BCUT2D eigenvalue weighted by Crippen LogP contribution is 2.34. The van der Waals surface area contributed by atoms with Crippen LogP contribution < -0.4 is 21.9 Å². The molecule has 3 aromatic rings. The number of carbonyl (C=O) groups is 1. The average Bonchev–Trinajstić information content (AvgIpc) is 2.84. The van der Waals surface area contributed by atoms with Gasteiger partial charge in [0, 0.05) is 54.6 Å². The van der Waals surface area contributed by atoms with Crippen LogP contribution in [0.25, 0.3) is 10.9 Å². The van der Waals surface area contributed by atoms with Gasteiger partial charge in [-0.25, -0.2) is 4.98 Å². The first-order valence-electron chi connectivity index (χ1n) is 12.4. The lowest BCUT2D eigenvalue weighted by molar-refractivity contribution is -0.137. The van der Waals surface area contributed by atoms with Crippen molar-refractivity contribution in [2.45, 2.75) is 50.0 Å². The lowest BCUT2D eigenvalue weighted by Crippen LogP contribution is -2.63. The summed E-state index contributed by atoms with van der Waals surface area (Å²) in [6, 6.07) is 10.6. The Bertz CT molecular complexity index is 1340. The molecule has 1 saturated carbocycles. The normalized spacial score (nSPS) is 20.9. The fraction of sp³-hybridized carbons (Fsp3) is 0.423. The third-order valence-electron chi connectivity index (χ3n) is 7.30. The molecule has 1 aliphatic carbocycles. The third-order valence-corrected chi connectivity index (χ3v) is 7.30. The second-order valence-corrected chi connectivity index (χ2v) is 9.80. The molecular weight excluding hydrogens is 485 g/mol. The summed E-state index contributed by atoms with van der Waals surface area (Å²) in [5.74, 6) is -0.0935. The molecule has 0 bridgehead atoms. The zero-order chi connectivity index (χ0) is 26.2. The van der Waals surface area contributed by atoms with Crippen molar-refractivity contribution in [3.05, 3.63) is 64.6 Å². The van der Waals surface area contributed by atoms with E-state index in [9.17, 15) is 22.8 Å². The second-order valence-electron chi connectivity index (χ2n) is 9.80. The topological polar surface area (TPSA) is 105 Å². The monoisotopic (exact) mass is 514 g/mol. The zero-order valence-corrected chi connectivity index (χ0v) is 20.2. The van der Waals surface area contributed by atoms with Gasteiger partial charge >= 0.3 is 6.18 Å². The first-order chi connectivity index (χ1) is 17.7. The number of amides is 1. The van der Waals surface area contributed by atoms with E-state index in [4.69, 9.17) is 5.73 Å². The molecule has 2 aromatic heterocycles. The van der Waals surface area contributed by atoms with E-state index in [1.54, 1.807) is 12.1 Å². The number of alkyl halides is 3. The number of nitrogen functional groups attached to an aromatic ring is 1. The average molecular weight is 515 g/mol. The van der Waals surface area contributed by atoms with Gasteiger partial charge in [0.25, 0.3) is 5.56 Å². The van der Waals surface area contributed by atoms with Crippen LogP contribution in [0.2, 0.25) is 0 Å². The maximum atomic E-state index is 13.2. The minimum absolute atomic E-state index is 0.0276. The third kappa shape index (κ3) is 5.56. The van der Waals surface area contributed by atoms with E-state index in [0.717, 1.165) is 50.9 Å². The van der Waals surface area contributed by atoms with Crippen molar-refractivity contribution in [2.75, 3.05) is 30.7 Å². The fourth-order valence-electron chi connectivity index (χ4n) is 5.37. The first kappa shape index (κ1) is 25.1. The van der Waals surface area contributed by atoms with Crippen molar-refractivity contribution >= 4 is 28.3 Å². The molecule has 0 atom stereocenters. The SMILES string of the molecule is Nc1cc(NCC(=O)NC2CN([C@H]3CC[C@@H](n4ccccc4=O)CC3)C2)c2cc(C(F)(F)F)ccc2n1. The number of halogens is 3. The molecule has 8 nitrogen and oxygen atoms in total. The molecule has 11 heteroatoms. The molecule has 1 aliphatic heterocycles. The number of hydrogen-bond donors (Lipinski definition) is 3. The van der Waals surface area contributed by atoms with Gasteiger partial charge in [0.05, 0.1) is 23.7 Å². The number of hydrogen-bond acceptors (Lipinski definition) is 6. The van der Waals surface area contributed by atoms with Gasteiger partial charge in [0.2, 0.25) is 5.91 Å². The van der Waals surface area contributed by atoms with Crippen molar-refractivity contribution < 1.29 is 18.0 Å². The molecule has 1 aromatic carbocycles. The minimum Gasteiger partial charge on any atom is -0.384 e. The van der Waals surface area contributed by atoms with Crippen LogP contribution in [0.1, 0.15) is 37.3 Å². The number of benzene rings is 1. The fourth-order valence-corrected chi connectivity index (χ4v) is 5.37. The van der Waals surface area contributed by atoms with Crippen LogP contribution in [-0.2, 0) is 11.0 Å². The highest BCUT2D eigenvalue weighted by atomic mass is 19.4. The highest BCUT2D eigenvalue weighted by Gasteiger charge is 2.35. The molecule has 4 N–H and O–H groups in total. The van der Waals surface area contributed by atoms with E-state index in [-0.39, 0.29) is 41.3 Å². The number of carbonyl (C=O) groups excluding carboxylic acids is 1. The summed E-state index contributed by atoms with van der Waals surface area (Å²) in [6.07, 6.45) is 1.28. The second kappa shape index (κ2) is 10.0. The van der Waals surface area contributed by atoms with Gasteiger partial charge in [-0.2, -0.15) is 13.2 Å². The largest absolute Gasteiger partial charge is 0.416 e. The van der Waals surface area contributed by atoms with E-state index in [1.165, 1.54) is 12.1 Å². The van der Waals surface area contributed by atoms with Gasteiger partial charge in [-0.05, 0) is 49.9 Å². The van der Waals surface area contributed by atoms with Crippen LogP contribution in [-0.4, -0.2) is 52.1 Å². The van der Waals surface area contributed by atoms with Gasteiger partial charge < -0.3 is 20.9 Å². The van der Waals surface area contributed by atoms with Gasteiger partial charge in [0.1, 0.15) is 5.82 Å². The van der Waals surface area contributed by atoms with Crippen molar-refractivity contribution in [1.82, 2.24) is 19.8 Å². The Hall–Kier alpha value is -3.60. The molecule has 1 amide bonds. The van der Waals surface area contributed by atoms with Crippen LogP contribution in [0.3, 0.4) is 0 Å². The molecule has 0 spiro atoms. The number of anilines is 2. The molecule has 2 aliphatic rings. The number of fused-ring (bicyclic) bond motifs is 1. The summed E-state index contributed by atoms with van der Waals surface area (Å²) < 4.78 is 41.3. The predicted octanol–water partition coefficient (Wildman–Crippen LogP) is 3.39. The molecule has 3 heterocycles. The Morgan fingerprint density at radius 1 is 1.05 bits per heavy atom. The van der Waals surface area contributed by atoms with Crippen molar-refractivity contribution in [1.29, 1.82) is 0 Å². The van der Waals surface area contributed by atoms with Crippen LogP contribution in [0.15, 0.2) is 53.5 Å². The summed E-state index contributed by atoms with van der Waals surface area (Å²) >= 11 is 0. The van der Waals surface area contributed by atoms with E-state index < -0.39 is 11.7 Å². The van der Waals surface area contributed by atoms with E-state index in [1.807, 2.05) is 16.8 Å². The first-order valence-corrected chi connectivity index (χ1v) is 12.4. The van der Waals surface area contributed by atoms with Crippen LogP contribution in [0, 0.1) is 0 Å². The number of pyridine rings is 2. The van der Waals surface area contributed by atoms with Crippen molar-refractivity contribution in [2.24, 2.45) is 0 Å². The lowest BCUT2D eigenvalue weighted by Gasteiger charge is -2.46. The van der Waals surface area contributed by atoms with Gasteiger partial charge in [0.15, 0.2) is 0 Å². The standard InChI is InChI=1S/C26H29F3N6O2/c27-26(28,29)16-4-9-21-20(11-16)22(12-23(30)33-21)31-13-24(36)32-17-14-34(15-17)18-5-7-19(8-6-18)35-10-2-1-3-25(35)37/h1-4,9-12,17-19H,5-8,13-15H2,(H,32,36)(H3,30,31,33)/t18-,19+. The Labute approximate surface area is 211 Å². The maximum Gasteiger partial charge on any atom is 0.416 e. The molecule has 2 fully saturated rings. The summed E-state index contributed by atoms with van der Waals surface area (Å²) in [4.78, 5) is 31.1. The lowest BCUT2D eigenvalue weighted by atomic mass is 9.88. The number of nitrogens with zero attached hydrogens (tertiary/aromatic N) is 3. The Kier molecular flexibility index (Phi) is 6.80. The van der Waals surface area contributed by atoms with E-state index in [0.29, 0.717) is 17.2 Å². The molecule has 0 radical (unpaired) electrons. The highest BCUT2D eigenvalue weighted by molar-refractivity contribution is 5.95. The van der Waals surface area contributed by atoms with Gasteiger partial charge in [-0.15, -0.1) is 0 Å².